The van der Waals surface area contributed by atoms with Crippen LogP contribution in [0, 0.1) is 0 Å². The first kappa shape index (κ1) is 15.4. The number of primary sulfonamides is 1. The Balaban J connectivity index is 2.47. The maximum Gasteiger partial charge on any atom is 0.254 e. The highest BCUT2D eigenvalue weighted by molar-refractivity contribution is 7.89. The van der Waals surface area contributed by atoms with E-state index in [-0.39, 0.29) is 11.7 Å². The van der Waals surface area contributed by atoms with E-state index in [1.54, 1.807) is 26.2 Å². The quantitative estimate of drug-likeness (QED) is 0.709. The third kappa shape index (κ3) is 5.66. The number of rotatable bonds is 6. The summed E-state index contributed by atoms with van der Waals surface area (Å²) in [7, 11) is -0.0798. The molecular weight excluding hydrogens is 268 g/mol. The number of nitrogens with one attached hydrogen (secondary N) is 1. The summed E-state index contributed by atoms with van der Waals surface area (Å²) in [6.45, 7) is 0.449. The zero-order chi connectivity index (χ0) is 14.5. The lowest BCUT2D eigenvalue weighted by molar-refractivity contribution is 0.0827. The highest BCUT2D eigenvalue weighted by Gasteiger charge is 2.08. The van der Waals surface area contributed by atoms with Crippen LogP contribution in [0.5, 0.6) is 0 Å². The summed E-state index contributed by atoms with van der Waals surface area (Å²) in [6, 6.07) is 3.34. The van der Waals surface area contributed by atoms with Crippen molar-refractivity contribution in [2.45, 2.75) is 6.42 Å². The van der Waals surface area contributed by atoms with Gasteiger partial charge in [-0.1, -0.05) is 0 Å². The minimum atomic E-state index is -3.42. The Morgan fingerprint density at radius 1 is 1.42 bits per heavy atom. The van der Waals surface area contributed by atoms with Crippen LogP contribution in [-0.4, -0.2) is 50.6 Å². The first-order chi connectivity index (χ1) is 8.79. The van der Waals surface area contributed by atoms with Crippen molar-refractivity contribution in [3.63, 3.8) is 0 Å². The molecule has 0 atom stereocenters. The highest BCUT2D eigenvalue weighted by atomic mass is 32.2. The molecule has 8 heteroatoms. The number of hydrogen-bond acceptors (Lipinski definition) is 5. The number of aromatic nitrogens is 1. The number of carbonyl (C=O) groups excluding carboxylic acids is 1. The molecule has 0 aliphatic carbocycles. The van der Waals surface area contributed by atoms with Gasteiger partial charge in [0.25, 0.3) is 5.91 Å². The van der Waals surface area contributed by atoms with E-state index in [1.807, 2.05) is 0 Å². The van der Waals surface area contributed by atoms with Crippen molar-refractivity contribution in [2.75, 3.05) is 31.7 Å². The molecule has 0 saturated heterocycles. The zero-order valence-corrected chi connectivity index (χ0v) is 11.8. The normalized spacial score (nSPS) is 11.1. The van der Waals surface area contributed by atoms with Gasteiger partial charge in [-0.3, -0.25) is 4.79 Å². The van der Waals surface area contributed by atoms with Gasteiger partial charge in [0.1, 0.15) is 5.82 Å². The second kappa shape index (κ2) is 6.48. The van der Waals surface area contributed by atoms with E-state index >= 15 is 0 Å². The lowest BCUT2D eigenvalue weighted by Crippen LogP contribution is -2.22. The van der Waals surface area contributed by atoms with Crippen LogP contribution in [0.4, 0.5) is 5.82 Å². The SMILES string of the molecule is CN(C)C(=O)c1ccc(NCCCS(N)(=O)=O)nc1. The largest absolute Gasteiger partial charge is 0.370 e. The Morgan fingerprint density at radius 2 is 2.11 bits per heavy atom. The smallest absolute Gasteiger partial charge is 0.254 e. The first-order valence-corrected chi connectivity index (χ1v) is 7.43. The second-order valence-electron chi connectivity index (χ2n) is 4.28. The molecule has 1 rings (SSSR count). The summed E-state index contributed by atoms with van der Waals surface area (Å²) >= 11 is 0. The monoisotopic (exact) mass is 286 g/mol. The number of hydrogen-bond donors (Lipinski definition) is 2. The van der Waals surface area contributed by atoms with Crippen molar-refractivity contribution in [3.8, 4) is 0 Å². The van der Waals surface area contributed by atoms with Crippen LogP contribution in [-0.2, 0) is 10.0 Å². The summed E-state index contributed by atoms with van der Waals surface area (Å²) in [4.78, 5) is 17.2. The number of pyridine rings is 1. The average molecular weight is 286 g/mol. The standard InChI is InChI=1S/C11H18N4O3S/c1-15(2)11(16)9-4-5-10(14-8-9)13-6-3-7-19(12,17)18/h4-5,8H,3,6-7H2,1-2H3,(H,13,14)(H2,12,17,18). The van der Waals surface area contributed by atoms with E-state index in [4.69, 9.17) is 5.14 Å². The molecule has 106 valence electrons. The molecule has 0 aromatic carbocycles. The lowest BCUT2D eigenvalue weighted by Gasteiger charge is -2.10. The van der Waals surface area contributed by atoms with Crippen molar-refractivity contribution in [2.24, 2.45) is 5.14 Å². The molecule has 0 aliphatic heterocycles. The topological polar surface area (TPSA) is 105 Å². The maximum absolute atomic E-state index is 11.6. The fourth-order valence-electron chi connectivity index (χ4n) is 1.37. The molecule has 0 radical (unpaired) electrons. The number of carbonyl (C=O) groups is 1. The van der Waals surface area contributed by atoms with Gasteiger partial charge in [0, 0.05) is 26.8 Å². The molecule has 0 spiro atoms. The summed E-state index contributed by atoms with van der Waals surface area (Å²) in [6.07, 6.45) is 1.88. The van der Waals surface area contributed by atoms with E-state index in [0.29, 0.717) is 24.3 Å². The summed E-state index contributed by atoms with van der Waals surface area (Å²) < 4.78 is 21.4. The number of nitrogens with two attached hydrogens (primary N) is 1. The predicted molar refractivity (Wildman–Crippen MR) is 73.3 cm³/mol. The summed E-state index contributed by atoms with van der Waals surface area (Å²) in [5.41, 5.74) is 0.500. The zero-order valence-electron chi connectivity index (χ0n) is 11.0. The molecule has 1 aromatic rings. The first-order valence-electron chi connectivity index (χ1n) is 5.71. The number of anilines is 1. The molecule has 0 unspecified atom stereocenters. The Kier molecular flexibility index (Phi) is 5.25. The third-order valence-electron chi connectivity index (χ3n) is 2.33. The molecule has 1 amide bonds. The van der Waals surface area contributed by atoms with Crippen LogP contribution >= 0.6 is 0 Å². The summed E-state index contributed by atoms with van der Waals surface area (Å²) in [5.74, 6) is 0.398. The highest BCUT2D eigenvalue weighted by Crippen LogP contribution is 2.06. The van der Waals surface area contributed by atoms with Gasteiger partial charge in [0.05, 0.1) is 11.3 Å². The maximum atomic E-state index is 11.6. The van der Waals surface area contributed by atoms with Gasteiger partial charge < -0.3 is 10.2 Å². The van der Waals surface area contributed by atoms with Gasteiger partial charge in [-0.2, -0.15) is 0 Å². The van der Waals surface area contributed by atoms with Gasteiger partial charge in [-0.15, -0.1) is 0 Å². The van der Waals surface area contributed by atoms with Gasteiger partial charge in [0.15, 0.2) is 0 Å². The molecule has 1 heterocycles. The molecule has 7 nitrogen and oxygen atoms in total. The Hall–Kier alpha value is -1.67. The molecule has 0 bridgehead atoms. The van der Waals surface area contributed by atoms with Crippen molar-refractivity contribution in [1.29, 1.82) is 0 Å². The van der Waals surface area contributed by atoms with E-state index in [2.05, 4.69) is 10.3 Å². The molecule has 0 fully saturated rings. The van der Waals surface area contributed by atoms with Gasteiger partial charge in [-0.25, -0.2) is 18.5 Å². The van der Waals surface area contributed by atoms with Crippen LogP contribution in [0.25, 0.3) is 0 Å². The molecule has 1 aromatic heterocycles. The number of nitrogens with zero attached hydrogens (tertiary/aromatic N) is 2. The van der Waals surface area contributed by atoms with Crippen molar-refractivity contribution >= 4 is 21.7 Å². The third-order valence-corrected chi connectivity index (χ3v) is 3.19. The van der Waals surface area contributed by atoms with Crippen LogP contribution in [0.1, 0.15) is 16.8 Å². The van der Waals surface area contributed by atoms with Crippen LogP contribution in [0.2, 0.25) is 0 Å². The van der Waals surface area contributed by atoms with Crippen molar-refractivity contribution in [1.82, 2.24) is 9.88 Å². The number of sulfonamides is 1. The second-order valence-corrected chi connectivity index (χ2v) is 6.01. The minimum Gasteiger partial charge on any atom is -0.370 e. The fourth-order valence-corrected chi connectivity index (χ4v) is 1.92. The molecule has 0 aliphatic rings. The van der Waals surface area contributed by atoms with Crippen LogP contribution in [0.15, 0.2) is 18.3 Å². The molecule has 19 heavy (non-hydrogen) atoms. The minimum absolute atomic E-state index is 0.0722. The van der Waals surface area contributed by atoms with Crippen LogP contribution in [0.3, 0.4) is 0 Å². The van der Waals surface area contributed by atoms with Crippen molar-refractivity contribution in [3.05, 3.63) is 23.9 Å². The molecular formula is C11H18N4O3S. The van der Waals surface area contributed by atoms with Crippen LogP contribution < -0.4 is 10.5 Å². The molecule has 3 N–H and O–H groups in total. The predicted octanol–water partition coefficient (Wildman–Crippen LogP) is -0.126. The van der Waals surface area contributed by atoms with Gasteiger partial charge in [-0.05, 0) is 18.6 Å². The average Bonchev–Trinajstić information content (AvgIpc) is 2.33. The Bertz CT molecular complexity index is 525. The van der Waals surface area contributed by atoms with E-state index in [0.717, 1.165) is 0 Å². The lowest BCUT2D eigenvalue weighted by atomic mass is 10.2. The summed E-state index contributed by atoms with van der Waals surface area (Å²) in [5, 5.41) is 7.84. The fraction of sp³-hybridized carbons (Fsp3) is 0.455. The van der Waals surface area contributed by atoms with E-state index in [1.165, 1.54) is 11.1 Å². The molecule has 0 saturated carbocycles. The number of amides is 1. The van der Waals surface area contributed by atoms with Gasteiger partial charge >= 0.3 is 0 Å². The van der Waals surface area contributed by atoms with E-state index in [9.17, 15) is 13.2 Å². The van der Waals surface area contributed by atoms with Gasteiger partial charge in [0.2, 0.25) is 10.0 Å². The van der Waals surface area contributed by atoms with Crippen molar-refractivity contribution < 1.29 is 13.2 Å². The van der Waals surface area contributed by atoms with E-state index < -0.39 is 10.0 Å². The Labute approximate surface area is 112 Å². The Morgan fingerprint density at radius 3 is 2.58 bits per heavy atom.